The van der Waals surface area contributed by atoms with Crippen molar-refractivity contribution in [1.82, 2.24) is 15.0 Å². The number of hydrogen-bond donors (Lipinski definition) is 1. The van der Waals surface area contributed by atoms with Gasteiger partial charge in [-0.3, -0.25) is 9.37 Å². The van der Waals surface area contributed by atoms with Crippen molar-refractivity contribution in [2.24, 2.45) is 10.7 Å². The van der Waals surface area contributed by atoms with Crippen LogP contribution in [0.5, 0.6) is 5.75 Å². The Balaban J connectivity index is 1.75. The summed E-state index contributed by atoms with van der Waals surface area (Å²) in [6.07, 6.45) is 6.40. The summed E-state index contributed by atoms with van der Waals surface area (Å²) >= 11 is 0. The van der Waals surface area contributed by atoms with Crippen LogP contribution in [-0.4, -0.2) is 34.1 Å². The SMILES string of the molecule is NC1=NC(c2cccc(-c3cncnc3)c2)(c2ccc(OC(F)F)c(CCF)c2)c2cccnc21. The van der Waals surface area contributed by atoms with Crippen LogP contribution < -0.4 is 10.5 Å². The van der Waals surface area contributed by atoms with E-state index in [9.17, 15) is 13.2 Å². The fourth-order valence-corrected chi connectivity index (χ4v) is 4.49. The number of benzene rings is 2. The molecule has 0 fully saturated rings. The minimum atomic E-state index is -3.02. The van der Waals surface area contributed by atoms with Gasteiger partial charge in [0.25, 0.3) is 0 Å². The summed E-state index contributed by atoms with van der Waals surface area (Å²) in [6, 6.07) is 16.1. The van der Waals surface area contributed by atoms with E-state index < -0.39 is 18.8 Å². The number of fused-ring (bicyclic) bond motifs is 1. The summed E-state index contributed by atoms with van der Waals surface area (Å²) in [4.78, 5) is 17.5. The first-order valence-electron chi connectivity index (χ1n) is 10.8. The lowest BCUT2D eigenvalue weighted by Gasteiger charge is -2.30. The van der Waals surface area contributed by atoms with Gasteiger partial charge in [0.2, 0.25) is 0 Å². The first kappa shape index (κ1) is 22.5. The smallest absolute Gasteiger partial charge is 0.387 e. The third-order valence-electron chi connectivity index (χ3n) is 5.96. The molecule has 2 aromatic heterocycles. The van der Waals surface area contributed by atoms with E-state index in [-0.39, 0.29) is 18.0 Å². The minimum Gasteiger partial charge on any atom is -0.435 e. The number of alkyl halides is 3. The molecule has 0 aliphatic carbocycles. The van der Waals surface area contributed by atoms with Gasteiger partial charge in [0.15, 0.2) is 0 Å². The normalized spacial score (nSPS) is 16.7. The van der Waals surface area contributed by atoms with Crippen LogP contribution in [0.15, 0.2) is 84.5 Å². The van der Waals surface area contributed by atoms with Crippen LogP contribution in [0.3, 0.4) is 0 Å². The molecule has 3 heterocycles. The Bertz CT molecular complexity index is 1400. The third-order valence-corrected chi connectivity index (χ3v) is 5.96. The number of aryl methyl sites for hydroxylation is 1. The Kier molecular flexibility index (Phi) is 5.90. The van der Waals surface area contributed by atoms with Crippen LogP contribution in [0.2, 0.25) is 0 Å². The van der Waals surface area contributed by atoms with E-state index in [2.05, 4.69) is 19.7 Å². The monoisotopic (exact) mass is 475 g/mol. The quantitative estimate of drug-likeness (QED) is 0.420. The van der Waals surface area contributed by atoms with Crippen molar-refractivity contribution in [1.29, 1.82) is 0 Å². The van der Waals surface area contributed by atoms with E-state index in [0.29, 0.717) is 16.8 Å². The van der Waals surface area contributed by atoms with Crippen LogP contribution in [-0.2, 0) is 12.0 Å². The van der Waals surface area contributed by atoms with Crippen LogP contribution in [0.1, 0.15) is 27.9 Å². The van der Waals surface area contributed by atoms with Gasteiger partial charge in [0, 0.05) is 36.1 Å². The van der Waals surface area contributed by atoms with Crippen molar-refractivity contribution >= 4 is 5.84 Å². The molecule has 2 aromatic carbocycles. The number of rotatable bonds is 7. The summed E-state index contributed by atoms with van der Waals surface area (Å²) in [6.45, 7) is -3.76. The molecule has 4 aromatic rings. The molecular weight excluding hydrogens is 455 g/mol. The second-order valence-corrected chi connectivity index (χ2v) is 7.95. The van der Waals surface area contributed by atoms with E-state index in [1.165, 1.54) is 12.4 Å². The fourth-order valence-electron chi connectivity index (χ4n) is 4.49. The predicted octanol–water partition coefficient (Wildman–Crippen LogP) is 4.66. The number of amidine groups is 1. The maximum absolute atomic E-state index is 13.4. The van der Waals surface area contributed by atoms with Gasteiger partial charge < -0.3 is 10.5 Å². The Labute approximate surface area is 199 Å². The number of ether oxygens (including phenoxy) is 1. The van der Waals surface area contributed by atoms with Gasteiger partial charge in [-0.15, -0.1) is 0 Å². The van der Waals surface area contributed by atoms with E-state index in [1.807, 2.05) is 30.3 Å². The number of nitrogens with two attached hydrogens (primary N) is 1. The van der Waals surface area contributed by atoms with Gasteiger partial charge in [0.05, 0.1) is 6.67 Å². The van der Waals surface area contributed by atoms with Gasteiger partial charge in [-0.1, -0.05) is 30.3 Å². The molecule has 2 N–H and O–H groups in total. The third kappa shape index (κ3) is 3.99. The summed E-state index contributed by atoms with van der Waals surface area (Å²) in [5.41, 5.74) is 9.81. The predicted molar refractivity (Wildman–Crippen MR) is 125 cm³/mol. The van der Waals surface area contributed by atoms with Crippen molar-refractivity contribution in [3.05, 3.63) is 107 Å². The van der Waals surface area contributed by atoms with Crippen LogP contribution in [0, 0.1) is 0 Å². The molecule has 0 spiro atoms. The largest absolute Gasteiger partial charge is 0.435 e. The van der Waals surface area contributed by atoms with E-state index in [1.54, 1.807) is 36.8 Å². The maximum atomic E-state index is 13.4. The number of aromatic nitrogens is 3. The number of halogens is 3. The standard InChI is InChI=1S/C26H20F3N5O/c27-9-8-17-12-20(6-7-22(17)35-25(28)29)26(21-5-2-10-33-23(21)24(30)34-26)19-4-1-3-16(11-19)18-13-31-15-32-14-18/h1-7,10-15,25H,8-9H2,(H2,30,34). The average molecular weight is 475 g/mol. The number of pyridine rings is 1. The lowest BCUT2D eigenvalue weighted by atomic mass is 9.77. The first-order chi connectivity index (χ1) is 17.0. The Morgan fingerprint density at radius 1 is 0.943 bits per heavy atom. The number of aliphatic imine (C=N–C) groups is 1. The lowest BCUT2D eigenvalue weighted by Crippen LogP contribution is -2.26. The highest BCUT2D eigenvalue weighted by atomic mass is 19.3. The second-order valence-electron chi connectivity index (χ2n) is 7.95. The van der Waals surface area contributed by atoms with E-state index in [0.717, 1.165) is 22.3 Å². The fraction of sp³-hybridized carbons (Fsp3) is 0.154. The highest BCUT2D eigenvalue weighted by Gasteiger charge is 2.44. The molecule has 9 heteroatoms. The molecule has 1 aliphatic rings. The van der Waals surface area contributed by atoms with Crippen molar-refractivity contribution in [3.63, 3.8) is 0 Å². The molecule has 5 rings (SSSR count). The summed E-state index contributed by atoms with van der Waals surface area (Å²) in [5, 5.41) is 0. The Hall–Kier alpha value is -4.27. The molecule has 1 aliphatic heterocycles. The van der Waals surface area contributed by atoms with Crippen molar-refractivity contribution in [2.75, 3.05) is 6.67 Å². The molecule has 0 saturated heterocycles. The second kappa shape index (κ2) is 9.17. The van der Waals surface area contributed by atoms with Crippen molar-refractivity contribution in [3.8, 4) is 16.9 Å². The first-order valence-corrected chi connectivity index (χ1v) is 10.8. The molecule has 0 saturated carbocycles. The topological polar surface area (TPSA) is 86.3 Å². The van der Waals surface area contributed by atoms with Gasteiger partial charge in [-0.05, 0) is 46.5 Å². The van der Waals surface area contributed by atoms with Crippen LogP contribution >= 0.6 is 0 Å². The molecule has 0 radical (unpaired) electrons. The van der Waals surface area contributed by atoms with Gasteiger partial charge in [-0.2, -0.15) is 8.78 Å². The zero-order chi connectivity index (χ0) is 24.4. The van der Waals surface area contributed by atoms with E-state index >= 15 is 0 Å². The molecule has 0 amide bonds. The highest BCUT2D eigenvalue weighted by Crippen LogP contribution is 2.47. The van der Waals surface area contributed by atoms with Gasteiger partial charge >= 0.3 is 6.61 Å². The molecule has 6 nitrogen and oxygen atoms in total. The lowest BCUT2D eigenvalue weighted by molar-refractivity contribution is -0.0505. The Morgan fingerprint density at radius 3 is 2.51 bits per heavy atom. The van der Waals surface area contributed by atoms with Crippen LogP contribution in [0.4, 0.5) is 13.2 Å². The molecule has 176 valence electrons. The van der Waals surface area contributed by atoms with Crippen molar-refractivity contribution < 1.29 is 17.9 Å². The minimum absolute atomic E-state index is 0.0758. The Morgan fingerprint density at radius 2 is 1.74 bits per heavy atom. The molecular formula is C26H20F3N5O. The summed E-state index contributed by atoms with van der Waals surface area (Å²) < 4.78 is 43.9. The molecule has 0 bridgehead atoms. The highest BCUT2D eigenvalue weighted by molar-refractivity contribution is 6.01. The van der Waals surface area contributed by atoms with Crippen LogP contribution in [0.25, 0.3) is 11.1 Å². The number of hydrogen-bond acceptors (Lipinski definition) is 6. The molecule has 1 unspecified atom stereocenters. The summed E-state index contributed by atoms with van der Waals surface area (Å²) in [5.74, 6) is 0.169. The zero-order valence-electron chi connectivity index (χ0n) is 18.4. The maximum Gasteiger partial charge on any atom is 0.387 e. The van der Waals surface area contributed by atoms with Gasteiger partial charge in [0.1, 0.15) is 29.1 Å². The summed E-state index contributed by atoms with van der Waals surface area (Å²) in [7, 11) is 0. The van der Waals surface area contributed by atoms with Crippen molar-refractivity contribution in [2.45, 2.75) is 18.6 Å². The molecule has 35 heavy (non-hydrogen) atoms. The van der Waals surface area contributed by atoms with E-state index in [4.69, 9.17) is 10.7 Å². The average Bonchev–Trinajstić information content (AvgIpc) is 3.19. The zero-order valence-corrected chi connectivity index (χ0v) is 18.4. The van der Waals surface area contributed by atoms with Gasteiger partial charge in [-0.25, -0.2) is 15.0 Å². The molecule has 1 atom stereocenters. The number of nitrogens with zero attached hydrogens (tertiary/aromatic N) is 4.